The van der Waals surface area contributed by atoms with Gasteiger partial charge in [-0.3, -0.25) is 14.9 Å². The Balaban J connectivity index is 2.19. The van der Waals surface area contributed by atoms with Crippen molar-refractivity contribution in [1.82, 2.24) is 10.2 Å². The summed E-state index contributed by atoms with van der Waals surface area (Å²) >= 11 is 0. The van der Waals surface area contributed by atoms with Crippen molar-refractivity contribution in [3.8, 4) is 11.5 Å². The van der Waals surface area contributed by atoms with Gasteiger partial charge in [0, 0.05) is 6.20 Å². The van der Waals surface area contributed by atoms with Crippen molar-refractivity contribution < 1.29 is 23.9 Å². The number of imide groups is 2. The van der Waals surface area contributed by atoms with Gasteiger partial charge in [0.2, 0.25) is 11.8 Å². The zero-order valence-electron chi connectivity index (χ0n) is 11.6. The predicted molar refractivity (Wildman–Crippen MR) is 73.6 cm³/mol. The molecule has 2 rings (SSSR count). The van der Waals surface area contributed by atoms with Gasteiger partial charge in [0.1, 0.15) is 6.42 Å². The van der Waals surface area contributed by atoms with Crippen LogP contribution >= 0.6 is 0 Å². The van der Waals surface area contributed by atoms with Gasteiger partial charge >= 0.3 is 6.03 Å². The number of nitrogens with one attached hydrogen (secondary N) is 1. The highest BCUT2D eigenvalue weighted by Gasteiger charge is 2.28. The van der Waals surface area contributed by atoms with Crippen molar-refractivity contribution in [1.29, 1.82) is 0 Å². The summed E-state index contributed by atoms with van der Waals surface area (Å²) in [5, 5.41) is 2.07. The number of amides is 4. The average Bonchev–Trinajstić information content (AvgIpc) is 2.45. The molecule has 0 radical (unpaired) electrons. The smallest absolute Gasteiger partial charge is 0.334 e. The summed E-state index contributed by atoms with van der Waals surface area (Å²) in [5.74, 6) is -0.0578. The highest BCUT2D eigenvalue weighted by Crippen LogP contribution is 2.28. The van der Waals surface area contributed by atoms with E-state index in [9.17, 15) is 14.4 Å². The van der Waals surface area contributed by atoms with Crippen LogP contribution in [0.3, 0.4) is 0 Å². The van der Waals surface area contributed by atoms with Crippen LogP contribution in [0.5, 0.6) is 11.5 Å². The second-order valence-electron chi connectivity index (χ2n) is 4.22. The molecule has 110 valence electrons. The molecule has 0 aromatic heterocycles. The average molecular weight is 290 g/mol. The second-order valence-corrected chi connectivity index (χ2v) is 4.22. The lowest BCUT2D eigenvalue weighted by Crippen LogP contribution is -2.50. The van der Waals surface area contributed by atoms with Crippen LogP contribution in [-0.4, -0.2) is 37.0 Å². The molecule has 0 unspecified atom stereocenters. The summed E-state index contributed by atoms with van der Waals surface area (Å²) in [6, 6.07) is 4.40. The fourth-order valence-electron chi connectivity index (χ4n) is 1.83. The third-order valence-electron chi connectivity index (χ3n) is 2.87. The Bertz CT molecular complexity index is 604. The van der Waals surface area contributed by atoms with Crippen LogP contribution in [0.2, 0.25) is 0 Å². The molecule has 1 aromatic carbocycles. The van der Waals surface area contributed by atoms with Crippen LogP contribution < -0.4 is 14.8 Å². The summed E-state index contributed by atoms with van der Waals surface area (Å²) < 4.78 is 10.3. The number of methoxy groups -OCH3 is 2. The second kappa shape index (κ2) is 6.08. The van der Waals surface area contributed by atoms with E-state index in [1.165, 1.54) is 20.4 Å². The number of nitrogens with zero attached hydrogens (tertiary/aromatic N) is 1. The van der Waals surface area contributed by atoms with E-state index < -0.39 is 17.8 Å². The minimum Gasteiger partial charge on any atom is -0.493 e. The lowest BCUT2D eigenvalue weighted by atomic mass is 10.2. The molecule has 1 aliphatic rings. The van der Waals surface area contributed by atoms with E-state index in [1.54, 1.807) is 24.3 Å². The van der Waals surface area contributed by atoms with Gasteiger partial charge in [0.25, 0.3) is 0 Å². The summed E-state index contributed by atoms with van der Waals surface area (Å²) in [4.78, 5) is 35.0. The van der Waals surface area contributed by atoms with E-state index in [0.29, 0.717) is 17.1 Å². The standard InChI is InChI=1S/C14H14N2O5/c1-20-10-4-3-9(7-11(10)21-2)5-6-16-13(18)8-12(17)15-14(16)19/h3-7H,8H2,1-2H3,(H,15,17,19). The van der Waals surface area contributed by atoms with E-state index >= 15 is 0 Å². The number of rotatable bonds is 4. The zero-order valence-corrected chi connectivity index (χ0v) is 11.6. The Morgan fingerprint density at radius 1 is 1.14 bits per heavy atom. The number of carbonyl (C=O) groups is 3. The molecule has 1 saturated heterocycles. The van der Waals surface area contributed by atoms with Gasteiger partial charge in [-0.05, 0) is 23.8 Å². The highest BCUT2D eigenvalue weighted by molar-refractivity contribution is 6.14. The topological polar surface area (TPSA) is 84.9 Å². The summed E-state index contributed by atoms with van der Waals surface area (Å²) in [5.41, 5.74) is 0.713. The monoisotopic (exact) mass is 290 g/mol. The molecular weight excluding hydrogens is 276 g/mol. The molecule has 4 amide bonds. The summed E-state index contributed by atoms with van der Waals surface area (Å²) in [6.45, 7) is 0. The fourth-order valence-corrected chi connectivity index (χ4v) is 1.83. The first-order valence-electron chi connectivity index (χ1n) is 6.11. The number of benzene rings is 1. The molecule has 7 heteroatoms. The number of urea groups is 1. The normalized spacial score (nSPS) is 15.3. The first-order valence-corrected chi connectivity index (χ1v) is 6.11. The van der Waals surface area contributed by atoms with Gasteiger partial charge in [0.05, 0.1) is 14.2 Å². The molecule has 1 fully saturated rings. The maximum atomic E-state index is 11.6. The maximum absolute atomic E-state index is 11.6. The van der Waals surface area contributed by atoms with E-state index in [4.69, 9.17) is 9.47 Å². The van der Waals surface area contributed by atoms with Crippen molar-refractivity contribution in [3.05, 3.63) is 30.0 Å². The number of hydrogen-bond acceptors (Lipinski definition) is 5. The molecule has 21 heavy (non-hydrogen) atoms. The van der Waals surface area contributed by atoms with Gasteiger partial charge < -0.3 is 9.47 Å². The van der Waals surface area contributed by atoms with Crippen LogP contribution in [0, 0.1) is 0 Å². The Kier molecular flexibility index (Phi) is 4.22. The molecule has 0 bridgehead atoms. The number of barbiturate groups is 1. The van der Waals surface area contributed by atoms with Gasteiger partial charge in [-0.2, -0.15) is 0 Å². The van der Waals surface area contributed by atoms with E-state index in [2.05, 4.69) is 5.32 Å². The van der Waals surface area contributed by atoms with Crippen LogP contribution in [0.25, 0.3) is 6.08 Å². The summed E-state index contributed by atoms with van der Waals surface area (Å²) in [7, 11) is 3.04. The van der Waals surface area contributed by atoms with Gasteiger partial charge in [-0.25, -0.2) is 9.69 Å². The molecule has 0 saturated carbocycles. The van der Waals surface area contributed by atoms with Crippen LogP contribution in [-0.2, 0) is 9.59 Å². The molecule has 1 heterocycles. The van der Waals surface area contributed by atoms with Gasteiger partial charge in [-0.1, -0.05) is 6.07 Å². The van der Waals surface area contributed by atoms with Crippen molar-refractivity contribution >= 4 is 23.9 Å². The van der Waals surface area contributed by atoms with Crippen molar-refractivity contribution in [2.24, 2.45) is 0 Å². The Hall–Kier alpha value is -2.83. The molecule has 0 spiro atoms. The minimum atomic E-state index is -0.757. The SMILES string of the molecule is COc1ccc(C=CN2C(=O)CC(=O)NC2=O)cc1OC. The van der Waals surface area contributed by atoms with Crippen LogP contribution in [0.4, 0.5) is 4.79 Å². The van der Waals surface area contributed by atoms with Crippen molar-refractivity contribution in [2.75, 3.05) is 14.2 Å². The third kappa shape index (κ3) is 3.19. The maximum Gasteiger partial charge on any atom is 0.334 e. The summed E-state index contributed by atoms with van der Waals surface area (Å²) in [6.07, 6.45) is 2.53. The number of ether oxygens (including phenoxy) is 2. The Labute approximate surface area is 121 Å². The number of carbonyl (C=O) groups excluding carboxylic acids is 3. The highest BCUT2D eigenvalue weighted by atomic mass is 16.5. The quantitative estimate of drug-likeness (QED) is 0.841. The third-order valence-corrected chi connectivity index (χ3v) is 2.87. The van der Waals surface area contributed by atoms with Gasteiger partial charge in [-0.15, -0.1) is 0 Å². The molecule has 7 nitrogen and oxygen atoms in total. The largest absolute Gasteiger partial charge is 0.493 e. The molecule has 0 aliphatic carbocycles. The fraction of sp³-hybridized carbons (Fsp3) is 0.214. The Morgan fingerprint density at radius 3 is 2.48 bits per heavy atom. The van der Waals surface area contributed by atoms with Crippen LogP contribution in [0.15, 0.2) is 24.4 Å². The van der Waals surface area contributed by atoms with E-state index in [0.717, 1.165) is 4.90 Å². The predicted octanol–water partition coefficient (Wildman–Crippen LogP) is 1.14. The Morgan fingerprint density at radius 2 is 1.86 bits per heavy atom. The first kappa shape index (κ1) is 14.6. The van der Waals surface area contributed by atoms with Crippen molar-refractivity contribution in [2.45, 2.75) is 6.42 Å². The lowest BCUT2D eigenvalue weighted by molar-refractivity contribution is -0.134. The van der Waals surface area contributed by atoms with E-state index in [1.807, 2.05) is 0 Å². The van der Waals surface area contributed by atoms with E-state index in [-0.39, 0.29) is 6.42 Å². The molecule has 1 aromatic rings. The van der Waals surface area contributed by atoms with Crippen molar-refractivity contribution in [3.63, 3.8) is 0 Å². The van der Waals surface area contributed by atoms with Gasteiger partial charge in [0.15, 0.2) is 11.5 Å². The minimum absolute atomic E-state index is 0.345. The molecule has 1 N–H and O–H groups in total. The van der Waals surface area contributed by atoms with Crippen LogP contribution in [0.1, 0.15) is 12.0 Å². The molecular formula is C14H14N2O5. The first-order chi connectivity index (χ1) is 10.0. The molecule has 0 atom stereocenters. The molecule has 1 aliphatic heterocycles. The lowest BCUT2D eigenvalue weighted by Gasteiger charge is -2.20. The zero-order chi connectivity index (χ0) is 15.4. The number of hydrogen-bond donors (Lipinski definition) is 1.